The topological polar surface area (TPSA) is 23.6 Å². The van der Waals surface area contributed by atoms with Crippen LogP contribution in [0.2, 0.25) is 0 Å². The quantitative estimate of drug-likeness (QED) is 0.730. The van der Waals surface area contributed by atoms with Crippen molar-refractivity contribution in [1.29, 1.82) is 0 Å². The average Bonchev–Trinajstić information content (AvgIpc) is 2.35. The fraction of sp³-hybridized carbons (Fsp3) is 0.500. The lowest BCUT2D eigenvalue weighted by Crippen LogP contribution is -2.43. The zero-order chi connectivity index (χ0) is 12.4. The molecule has 0 atom stereocenters. The third-order valence-corrected chi connectivity index (χ3v) is 3.39. The van der Waals surface area contributed by atoms with Crippen molar-refractivity contribution in [2.24, 2.45) is 0 Å². The molecule has 0 N–H and O–H groups in total. The number of fused-ring (bicyclic) bond motifs is 1. The Morgan fingerprint density at radius 3 is 2.94 bits per heavy atom. The van der Waals surface area contributed by atoms with E-state index in [0.29, 0.717) is 0 Å². The summed E-state index contributed by atoms with van der Waals surface area (Å²) in [6, 6.07) is 6.46. The Hall–Kier alpha value is -1.51. The van der Waals surface area contributed by atoms with E-state index in [1.54, 1.807) is 4.90 Å². The third-order valence-electron chi connectivity index (χ3n) is 3.39. The van der Waals surface area contributed by atoms with Crippen LogP contribution >= 0.6 is 0 Å². The standard InChI is InChI=1S/C14H20N2O/c1-4-15(3)14(17)16-9-5-6-12-10-11(2)7-8-13(12)16/h7-8,10H,4-6,9H2,1-3H3. The second kappa shape index (κ2) is 4.78. The molecule has 0 aliphatic carbocycles. The number of aryl methyl sites for hydroxylation is 2. The van der Waals surface area contributed by atoms with Crippen LogP contribution in [0.25, 0.3) is 0 Å². The smallest absolute Gasteiger partial charge is 0.324 e. The van der Waals surface area contributed by atoms with E-state index in [4.69, 9.17) is 0 Å². The number of carbonyl (C=O) groups is 1. The highest BCUT2D eigenvalue weighted by Gasteiger charge is 2.24. The molecule has 1 aliphatic rings. The Kier molecular flexibility index (Phi) is 3.36. The van der Waals surface area contributed by atoms with Gasteiger partial charge in [0.1, 0.15) is 0 Å². The summed E-state index contributed by atoms with van der Waals surface area (Å²) in [5.74, 6) is 0. The molecule has 0 fully saturated rings. The minimum Gasteiger partial charge on any atom is -0.328 e. The number of nitrogens with zero attached hydrogens (tertiary/aromatic N) is 2. The Labute approximate surface area is 103 Å². The zero-order valence-electron chi connectivity index (χ0n) is 10.9. The second-order valence-corrected chi connectivity index (χ2v) is 4.68. The van der Waals surface area contributed by atoms with Crippen LogP contribution in [-0.2, 0) is 6.42 Å². The van der Waals surface area contributed by atoms with Gasteiger partial charge < -0.3 is 4.90 Å². The Bertz CT molecular complexity index is 428. The van der Waals surface area contributed by atoms with Crippen molar-refractivity contribution in [2.45, 2.75) is 26.7 Å². The van der Waals surface area contributed by atoms with Gasteiger partial charge in [-0.3, -0.25) is 4.90 Å². The van der Waals surface area contributed by atoms with Crippen molar-refractivity contribution in [3.05, 3.63) is 29.3 Å². The first-order valence-electron chi connectivity index (χ1n) is 6.25. The first kappa shape index (κ1) is 12.0. The van der Waals surface area contributed by atoms with E-state index in [9.17, 15) is 4.79 Å². The molecule has 2 rings (SSSR count). The van der Waals surface area contributed by atoms with Gasteiger partial charge in [-0.2, -0.15) is 0 Å². The van der Waals surface area contributed by atoms with Gasteiger partial charge in [-0.25, -0.2) is 4.79 Å². The summed E-state index contributed by atoms with van der Waals surface area (Å²) in [5, 5.41) is 0. The van der Waals surface area contributed by atoms with E-state index in [1.807, 2.05) is 18.9 Å². The maximum absolute atomic E-state index is 12.2. The normalized spacial score (nSPS) is 14.4. The summed E-state index contributed by atoms with van der Waals surface area (Å²) in [5.41, 5.74) is 3.66. The monoisotopic (exact) mass is 232 g/mol. The SMILES string of the molecule is CCN(C)C(=O)N1CCCc2cc(C)ccc21. The van der Waals surface area contributed by atoms with E-state index in [0.717, 1.165) is 31.6 Å². The molecule has 3 nitrogen and oxygen atoms in total. The van der Waals surface area contributed by atoms with Crippen LogP contribution in [0.4, 0.5) is 10.5 Å². The molecule has 1 aromatic carbocycles. The highest BCUT2D eigenvalue weighted by atomic mass is 16.2. The molecule has 0 bridgehead atoms. The molecular formula is C14H20N2O. The highest BCUT2D eigenvalue weighted by Crippen LogP contribution is 2.28. The van der Waals surface area contributed by atoms with Crippen LogP contribution in [0.5, 0.6) is 0 Å². The lowest BCUT2D eigenvalue weighted by Gasteiger charge is -2.32. The summed E-state index contributed by atoms with van der Waals surface area (Å²) in [7, 11) is 1.85. The molecule has 0 unspecified atom stereocenters. The van der Waals surface area contributed by atoms with Gasteiger partial charge in [-0.15, -0.1) is 0 Å². The van der Waals surface area contributed by atoms with Crippen molar-refractivity contribution in [3.8, 4) is 0 Å². The predicted molar refractivity (Wildman–Crippen MR) is 70.5 cm³/mol. The fourth-order valence-electron chi connectivity index (χ4n) is 2.27. The molecule has 2 amide bonds. The van der Waals surface area contributed by atoms with E-state index in [1.165, 1.54) is 11.1 Å². The van der Waals surface area contributed by atoms with Crippen molar-refractivity contribution in [2.75, 3.05) is 25.0 Å². The minimum atomic E-state index is 0.109. The number of rotatable bonds is 1. The molecule has 1 aromatic rings. The van der Waals surface area contributed by atoms with E-state index >= 15 is 0 Å². The average molecular weight is 232 g/mol. The molecule has 0 aromatic heterocycles. The van der Waals surface area contributed by atoms with Gasteiger partial charge in [0.15, 0.2) is 0 Å². The van der Waals surface area contributed by atoms with Crippen molar-refractivity contribution in [3.63, 3.8) is 0 Å². The first-order valence-corrected chi connectivity index (χ1v) is 6.25. The zero-order valence-corrected chi connectivity index (χ0v) is 10.9. The molecule has 0 saturated carbocycles. The second-order valence-electron chi connectivity index (χ2n) is 4.68. The molecular weight excluding hydrogens is 212 g/mol. The molecule has 0 spiro atoms. The van der Waals surface area contributed by atoms with Crippen LogP contribution in [0.1, 0.15) is 24.5 Å². The molecule has 0 saturated heterocycles. The predicted octanol–water partition coefficient (Wildman–Crippen LogP) is 2.82. The van der Waals surface area contributed by atoms with Crippen molar-refractivity contribution in [1.82, 2.24) is 4.90 Å². The summed E-state index contributed by atoms with van der Waals surface area (Å²) >= 11 is 0. The van der Waals surface area contributed by atoms with E-state index in [-0.39, 0.29) is 6.03 Å². The lowest BCUT2D eigenvalue weighted by molar-refractivity contribution is 0.217. The number of benzene rings is 1. The molecule has 0 radical (unpaired) electrons. The van der Waals surface area contributed by atoms with E-state index < -0.39 is 0 Å². The molecule has 1 heterocycles. The third kappa shape index (κ3) is 2.28. The molecule has 1 aliphatic heterocycles. The number of carbonyl (C=O) groups excluding carboxylic acids is 1. The number of urea groups is 1. The van der Waals surface area contributed by atoms with Crippen LogP contribution in [0.3, 0.4) is 0 Å². The maximum Gasteiger partial charge on any atom is 0.324 e. The van der Waals surface area contributed by atoms with Crippen LogP contribution in [0, 0.1) is 6.92 Å². The van der Waals surface area contributed by atoms with Crippen LogP contribution < -0.4 is 4.90 Å². The summed E-state index contributed by atoms with van der Waals surface area (Å²) < 4.78 is 0. The van der Waals surface area contributed by atoms with Crippen molar-refractivity contribution >= 4 is 11.7 Å². The van der Waals surface area contributed by atoms with Crippen LogP contribution in [-0.4, -0.2) is 31.1 Å². The maximum atomic E-state index is 12.2. The van der Waals surface area contributed by atoms with Crippen LogP contribution in [0.15, 0.2) is 18.2 Å². The van der Waals surface area contributed by atoms with Gasteiger partial charge in [-0.05, 0) is 38.3 Å². The van der Waals surface area contributed by atoms with Gasteiger partial charge >= 0.3 is 6.03 Å². The van der Waals surface area contributed by atoms with Gasteiger partial charge in [0.2, 0.25) is 0 Å². The summed E-state index contributed by atoms with van der Waals surface area (Å²) in [6.07, 6.45) is 2.14. The Morgan fingerprint density at radius 1 is 1.47 bits per heavy atom. The summed E-state index contributed by atoms with van der Waals surface area (Å²) in [4.78, 5) is 15.9. The summed E-state index contributed by atoms with van der Waals surface area (Å²) in [6.45, 7) is 5.67. The largest absolute Gasteiger partial charge is 0.328 e. The fourth-order valence-corrected chi connectivity index (χ4v) is 2.27. The number of amides is 2. The first-order chi connectivity index (χ1) is 8.13. The van der Waals surface area contributed by atoms with Crippen molar-refractivity contribution < 1.29 is 4.79 Å². The number of anilines is 1. The number of hydrogen-bond acceptors (Lipinski definition) is 1. The van der Waals surface area contributed by atoms with Gasteiger partial charge in [-0.1, -0.05) is 17.7 Å². The Morgan fingerprint density at radius 2 is 2.24 bits per heavy atom. The highest BCUT2D eigenvalue weighted by molar-refractivity contribution is 5.93. The minimum absolute atomic E-state index is 0.109. The Balaban J connectivity index is 2.31. The molecule has 17 heavy (non-hydrogen) atoms. The van der Waals surface area contributed by atoms with Gasteiger partial charge in [0.25, 0.3) is 0 Å². The lowest BCUT2D eigenvalue weighted by atomic mass is 10.00. The molecule has 3 heteroatoms. The molecule has 92 valence electrons. The van der Waals surface area contributed by atoms with E-state index in [2.05, 4.69) is 25.1 Å². The number of hydrogen-bond donors (Lipinski definition) is 0. The van der Waals surface area contributed by atoms with Gasteiger partial charge in [0.05, 0.1) is 0 Å². The van der Waals surface area contributed by atoms with Gasteiger partial charge in [0, 0.05) is 25.8 Å².